The molecule has 0 spiro atoms. The van der Waals surface area contributed by atoms with Gasteiger partial charge in [-0.3, -0.25) is 4.79 Å². The van der Waals surface area contributed by atoms with E-state index in [1.165, 1.54) is 5.56 Å². The summed E-state index contributed by atoms with van der Waals surface area (Å²) in [5.41, 5.74) is 3.06. The number of aromatic amines is 1. The van der Waals surface area contributed by atoms with Crippen LogP contribution >= 0.6 is 0 Å². The summed E-state index contributed by atoms with van der Waals surface area (Å²) in [4.78, 5) is 12.2. The summed E-state index contributed by atoms with van der Waals surface area (Å²) in [7, 11) is 0. The van der Waals surface area contributed by atoms with Gasteiger partial charge in [-0.15, -0.1) is 10.2 Å². The third-order valence-electron chi connectivity index (χ3n) is 3.18. The Morgan fingerprint density at radius 3 is 3.21 bits per heavy atom. The Bertz CT molecular complexity index is 580. The number of aromatic nitrogens is 4. The summed E-state index contributed by atoms with van der Waals surface area (Å²) in [6.45, 7) is 2.00. The minimum atomic E-state index is -0.0939. The molecule has 3 rings (SSSR count). The van der Waals surface area contributed by atoms with Crippen LogP contribution in [0.25, 0.3) is 0 Å². The van der Waals surface area contributed by atoms with Crippen LogP contribution in [0.1, 0.15) is 27.3 Å². The molecule has 1 amide bonds. The number of benzene rings is 1. The van der Waals surface area contributed by atoms with Gasteiger partial charge in [0.05, 0.1) is 6.54 Å². The summed E-state index contributed by atoms with van der Waals surface area (Å²) in [6, 6.07) is 5.82. The molecule has 98 valence electrons. The third kappa shape index (κ3) is 2.45. The highest BCUT2D eigenvalue weighted by molar-refractivity contribution is 5.96. The van der Waals surface area contributed by atoms with Crippen molar-refractivity contribution in [3.63, 3.8) is 0 Å². The number of nitrogens with zero attached hydrogens (tertiary/aromatic N) is 3. The largest absolute Gasteiger partial charge is 0.345 e. The van der Waals surface area contributed by atoms with E-state index in [0.717, 1.165) is 30.6 Å². The molecule has 0 saturated heterocycles. The van der Waals surface area contributed by atoms with Crippen molar-refractivity contribution in [2.75, 3.05) is 6.54 Å². The Labute approximate surface area is 109 Å². The lowest BCUT2D eigenvalue weighted by molar-refractivity contribution is 0.0948. The van der Waals surface area contributed by atoms with Gasteiger partial charge >= 0.3 is 0 Å². The number of hydrogen-bond donors (Lipinski definition) is 3. The normalized spacial score (nSPS) is 13.9. The molecule has 0 saturated carbocycles. The smallest absolute Gasteiger partial charge is 0.251 e. The van der Waals surface area contributed by atoms with Crippen LogP contribution in [0.5, 0.6) is 0 Å². The van der Waals surface area contributed by atoms with Gasteiger partial charge in [0.25, 0.3) is 5.91 Å². The predicted octanol–water partition coefficient (Wildman–Crippen LogP) is -0.225. The maximum atomic E-state index is 12.2. The van der Waals surface area contributed by atoms with E-state index in [-0.39, 0.29) is 12.5 Å². The Morgan fingerprint density at radius 1 is 1.42 bits per heavy atom. The van der Waals surface area contributed by atoms with Gasteiger partial charge in [-0.05, 0) is 30.2 Å². The van der Waals surface area contributed by atoms with Crippen molar-refractivity contribution in [3.05, 3.63) is 40.7 Å². The Kier molecular flexibility index (Phi) is 3.20. The summed E-state index contributed by atoms with van der Waals surface area (Å²) in [5, 5.41) is 19.5. The van der Waals surface area contributed by atoms with Crippen molar-refractivity contribution >= 4 is 5.91 Å². The van der Waals surface area contributed by atoms with E-state index in [0.29, 0.717) is 5.82 Å². The molecule has 0 fully saturated rings. The number of carbonyl (C=O) groups excluding carboxylic acids is 1. The first-order valence-electron chi connectivity index (χ1n) is 6.16. The first-order chi connectivity index (χ1) is 9.34. The van der Waals surface area contributed by atoms with Crippen molar-refractivity contribution in [2.45, 2.75) is 19.5 Å². The van der Waals surface area contributed by atoms with Crippen molar-refractivity contribution in [3.8, 4) is 0 Å². The van der Waals surface area contributed by atoms with Crippen LogP contribution in [0, 0.1) is 0 Å². The number of amides is 1. The fourth-order valence-electron chi connectivity index (χ4n) is 2.26. The van der Waals surface area contributed by atoms with E-state index < -0.39 is 0 Å². The standard InChI is InChI=1S/C12H14N6O/c19-12(14-7-11-15-17-18-16-11)10-3-1-2-8-6-13-5-4-9(8)10/h1-3,13H,4-7H2,(H,14,19)(H,15,16,17,18). The molecule has 19 heavy (non-hydrogen) atoms. The van der Waals surface area contributed by atoms with E-state index in [2.05, 4.69) is 37.3 Å². The van der Waals surface area contributed by atoms with Crippen molar-refractivity contribution in [1.29, 1.82) is 0 Å². The molecule has 0 unspecified atom stereocenters. The Balaban J connectivity index is 1.76. The number of carbonyl (C=O) groups is 1. The zero-order valence-corrected chi connectivity index (χ0v) is 10.3. The number of nitrogens with one attached hydrogen (secondary N) is 3. The molecule has 1 aromatic carbocycles. The molecule has 2 aromatic rings. The lowest BCUT2D eigenvalue weighted by Crippen LogP contribution is -2.29. The van der Waals surface area contributed by atoms with Crippen LogP contribution in [-0.4, -0.2) is 33.1 Å². The third-order valence-corrected chi connectivity index (χ3v) is 3.18. The molecule has 7 heteroatoms. The molecule has 0 atom stereocenters. The fraction of sp³-hybridized carbons (Fsp3) is 0.333. The van der Waals surface area contributed by atoms with Crippen molar-refractivity contribution < 1.29 is 4.79 Å². The van der Waals surface area contributed by atoms with Gasteiger partial charge in [-0.1, -0.05) is 17.3 Å². The molecule has 1 aliphatic rings. The highest BCUT2D eigenvalue weighted by Crippen LogP contribution is 2.18. The number of tetrazole rings is 1. The number of H-pyrrole nitrogens is 1. The minimum absolute atomic E-state index is 0.0939. The lowest BCUT2D eigenvalue weighted by Gasteiger charge is -2.19. The molecular formula is C12H14N6O. The summed E-state index contributed by atoms with van der Waals surface area (Å²) in [5.74, 6) is 0.378. The summed E-state index contributed by atoms with van der Waals surface area (Å²) in [6.07, 6.45) is 0.876. The van der Waals surface area contributed by atoms with Crippen molar-refractivity contribution in [1.82, 2.24) is 31.3 Å². The van der Waals surface area contributed by atoms with Gasteiger partial charge in [0.1, 0.15) is 0 Å². The first-order valence-corrected chi connectivity index (χ1v) is 6.16. The SMILES string of the molecule is O=C(NCc1nn[nH]n1)c1cccc2c1CCNC2. The number of rotatable bonds is 3. The van der Waals surface area contributed by atoms with Gasteiger partial charge in [0.15, 0.2) is 5.82 Å². The van der Waals surface area contributed by atoms with Crippen LogP contribution in [0.3, 0.4) is 0 Å². The van der Waals surface area contributed by atoms with Gasteiger partial charge in [0, 0.05) is 12.1 Å². The predicted molar refractivity (Wildman–Crippen MR) is 67.2 cm³/mol. The highest BCUT2D eigenvalue weighted by Gasteiger charge is 2.17. The maximum absolute atomic E-state index is 12.2. The van der Waals surface area contributed by atoms with Crippen LogP contribution in [0.2, 0.25) is 0 Å². The van der Waals surface area contributed by atoms with E-state index >= 15 is 0 Å². The minimum Gasteiger partial charge on any atom is -0.345 e. The quantitative estimate of drug-likeness (QED) is 0.707. The second kappa shape index (κ2) is 5.15. The van der Waals surface area contributed by atoms with E-state index in [9.17, 15) is 4.79 Å². The molecule has 1 aromatic heterocycles. The number of fused-ring (bicyclic) bond motifs is 1. The molecule has 0 aliphatic carbocycles. The average molecular weight is 258 g/mol. The second-order valence-corrected chi connectivity index (χ2v) is 4.38. The summed E-state index contributed by atoms with van der Waals surface area (Å²) < 4.78 is 0. The Morgan fingerprint density at radius 2 is 2.37 bits per heavy atom. The first kappa shape index (κ1) is 11.8. The van der Waals surface area contributed by atoms with Crippen LogP contribution < -0.4 is 10.6 Å². The topological polar surface area (TPSA) is 95.6 Å². The highest BCUT2D eigenvalue weighted by atomic mass is 16.1. The van der Waals surface area contributed by atoms with Gasteiger partial charge in [-0.25, -0.2) is 0 Å². The van der Waals surface area contributed by atoms with Gasteiger partial charge in [-0.2, -0.15) is 5.21 Å². The summed E-state index contributed by atoms with van der Waals surface area (Å²) >= 11 is 0. The van der Waals surface area contributed by atoms with Crippen LogP contribution in [0.15, 0.2) is 18.2 Å². The average Bonchev–Trinajstić information content (AvgIpc) is 2.97. The number of hydrogen-bond acceptors (Lipinski definition) is 5. The molecule has 0 bridgehead atoms. The van der Waals surface area contributed by atoms with Crippen LogP contribution in [0.4, 0.5) is 0 Å². The van der Waals surface area contributed by atoms with Crippen LogP contribution in [-0.2, 0) is 19.5 Å². The molecular weight excluding hydrogens is 244 g/mol. The van der Waals surface area contributed by atoms with E-state index in [1.807, 2.05) is 12.1 Å². The zero-order chi connectivity index (χ0) is 13.1. The van der Waals surface area contributed by atoms with Gasteiger partial charge in [0.2, 0.25) is 0 Å². The van der Waals surface area contributed by atoms with Crippen molar-refractivity contribution in [2.24, 2.45) is 0 Å². The maximum Gasteiger partial charge on any atom is 0.251 e. The van der Waals surface area contributed by atoms with E-state index in [1.54, 1.807) is 0 Å². The molecule has 0 radical (unpaired) electrons. The van der Waals surface area contributed by atoms with Gasteiger partial charge < -0.3 is 10.6 Å². The Hall–Kier alpha value is -2.28. The molecule has 3 N–H and O–H groups in total. The monoisotopic (exact) mass is 258 g/mol. The fourth-order valence-corrected chi connectivity index (χ4v) is 2.26. The zero-order valence-electron chi connectivity index (χ0n) is 10.3. The molecule has 2 heterocycles. The molecule has 1 aliphatic heterocycles. The second-order valence-electron chi connectivity index (χ2n) is 4.38. The lowest BCUT2D eigenvalue weighted by atomic mass is 9.95. The molecule has 7 nitrogen and oxygen atoms in total. The van der Waals surface area contributed by atoms with E-state index in [4.69, 9.17) is 0 Å².